The number of aromatic nitrogens is 2. The highest BCUT2D eigenvalue weighted by atomic mass is 16.4. The highest BCUT2D eigenvalue weighted by molar-refractivity contribution is 5.66. The molecule has 0 aliphatic heterocycles. The lowest BCUT2D eigenvalue weighted by atomic mass is 9.98. The van der Waals surface area contributed by atoms with Gasteiger partial charge in [0.05, 0.1) is 0 Å². The molecular weight excluding hydrogens is 222 g/mol. The quantitative estimate of drug-likeness (QED) is 0.795. The van der Waals surface area contributed by atoms with E-state index in [4.69, 9.17) is 5.11 Å². The highest BCUT2D eigenvalue weighted by Gasteiger charge is 2.20. The molecule has 0 atom stereocenters. The number of aryl methyl sites for hydroxylation is 1. The van der Waals surface area contributed by atoms with E-state index in [1.807, 2.05) is 13.8 Å². The van der Waals surface area contributed by atoms with Gasteiger partial charge in [0.15, 0.2) is 5.82 Å². The molecule has 0 bridgehead atoms. The Kier molecular flexibility index (Phi) is 3.88. The zero-order valence-corrected chi connectivity index (χ0v) is 10.2. The summed E-state index contributed by atoms with van der Waals surface area (Å²) in [6.07, 6.45) is 3.56. The first-order valence-corrected chi connectivity index (χ1v) is 5.33. The van der Waals surface area contributed by atoms with Gasteiger partial charge >= 0.3 is 5.97 Å². The van der Waals surface area contributed by atoms with E-state index in [2.05, 4.69) is 10.3 Å². The molecule has 0 aliphatic rings. The molecule has 1 rings (SSSR count). The van der Waals surface area contributed by atoms with Gasteiger partial charge in [0.1, 0.15) is 0 Å². The predicted octanol–water partition coefficient (Wildman–Crippen LogP) is 0.836. The maximum absolute atomic E-state index is 11.7. The summed E-state index contributed by atoms with van der Waals surface area (Å²) < 4.78 is 1.42. The molecule has 0 unspecified atom stereocenters. The van der Waals surface area contributed by atoms with Gasteiger partial charge in [0, 0.05) is 31.4 Å². The van der Waals surface area contributed by atoms with E-state index < -0.39 is 11.5 Å². The molecule has 6 nitrogen and oxygen atoms in total. The van der Waals surface area contributed by atoms with Gasteiger partial charge in [-0.15, -0.1) is 0 Å². The number of carboxylic acids is 1. The minimum Gasteiger partial charge on any atom is -0.481 e. The number of carboxylic acid groups (broad SMARTS) is 1. The van der Waals surface area contributed by atoms with Crippen LogP contribution in [0.2, 0.25) is 0 Å². The van der Waals surface area contributed by atoms with Crippen molar-refractivity contribution in [3.8, 4) is 0 Å². The molecule has 94 valence electrons. The Labute approximate surface area is 99.3 Å². The Balaban J connectivity index is 2.79. The van der Waals surface area contributed by atoms with Crippen LogP contribution in [0.3, 0.4) is 0 Å². The van der Waals surface area contributed by atoms with Crippen molar-refractivity contribution in [1.82, 2.24) is 9.55 Å². The lowest BCUT2D eigenvalue weighted by Crippen LogP contribution is -2.36. The van der Waals surface area contributed by atoms with E-state index in [0.717, 1.165) is 0 Å². The Bertz CT molecular complexity index is 465. The lowest BCUT2D eigenvalue weighted by Gasteiger charge is -2.25. The fourth-order valence-corrected chi connectivity index (χ4v) is 1.39. The number of hydrogen-bond acceptors (Lipinski definition) is 4. The standard InChI is InChI=1S/C11H17N3O3/c1-11(2,5-4-8(15)16)13-9-10(17)14(3)7-6-12-9/h6-7H,4-5H2,1-3H3,(H,12,13)(H,15,16). The molecule has 0 aromatic carbocycles. The normalized spacial score (nSPS) is 11.2. The first-order valence-electron chi connectivity index (χ1n) is 5.33. The number of aliphatic carboxylic acids is 1. The molecule has 17 heavy (non-hydrogen) atoms. The number of carbonyl (C=O) groups is 1. The largest absolute Gasteiger partial charge is 0.481 e. The summed E-state index contributed by atoms with van der Waals surface area (Å²) in [6.45, 7) is 3.67. The summed E-state index contributed by atoms with van der Waals surface area (Å²) in [5.74, 6) is -0.612. The van der Waals surface area contributed by atoms with Crippen LogP contribution in [0, 0.1) is 0 Å². The van der Waals surface area contributed by atoms with Gasteiger partial charge in [-0.2, -0.15) is 0 Å². The zero-order valence-electron chi connectivity index (χ0n) is 10.2. The van der Waals surface area contributed by atoms with Gasteiger partial charge in [-0.05, 0) is 20.3 Å². The zero-order chi connectivity index (χ0) is 13.1. The lowest BCUT2D eigenvalue weighted by molar-refractivity contribution is -0.137. The van der Waals surface area contributed by atoms with Crippen molar-refractivity contribution in [3.05, 3.63) is 22.7 Å². The summed E-state index contributed by atoms with van der Waals surface area (Å²) in [4.78, 5) is 26.2. The van der Waals surface area contributed by atoms with E-state index in [-0.39, 0.29) is 17.8 Å². The Morgan fingerprint density at radius 3 is 2.82 bits per heavy atom. The SMILES string of the molecule is Cn1ccnc(NC(C)(C)CCC(=O)O)c1=O. The topological polar surface area (TPSA) is 84.2 Å². The highest BCUT2D eigenvalue weighted by Crippen LogP contribution is 2.15. The van der Waals surface area contributed by atoms with Crippen molar-refractivity contribution in [1.29, 1.82) is 0 Å². The first kappa shape index (κ1) is 13.2. The monoisotopic (exact) mass is 239 g/mol. The number of anilines is 1. The second-order valence-corrected chi connectivity index (χ2v) is 4.59. The van der Waals surface area contributed by atoms with Crippen molar-refractivity contribution in [2.45, 2.75) is 32.2 Å². The molecule has 6 heteroatoms. The van der Waals surface area contributed by atoms with Crippen LogP contribution in [0.5, 0.6) is 0 Å². The average Bonchev–Trinajstić information content (AvgIpc) is 2.22. The van der Waals surface area contributed by atoms with Crippen LogP contribution in [0.4, 0.5) is 5.82 Å². The van der Waals surface area contributed by atoms with E-state index >= 15 is 0 Å². The van der Waals surface area contributed by atoms with Crippen molar-refractivity contribution in [2.24, 2.45) is 7.05 Å². The van der Waals surface area contributed by atoms with Crippen molar-refractivity contribution >= 4 is 11.8 Å². The molecule has 0 amide bonds. The molecule has 1 heterocycles. The van der Waals surface area contributed by atoms with Crippen LogP contribution in [-0.4, -0.2) is 26.2 Å². The molecule has 0 aliphatic carbocycles. The van der Waals surface area contributed by atoms with Gasteiger partial charge in [-0.1, -0.05) is 0 Å². The van der Waals surface area contributed by atoms with Crippen LogP contribution in [-0.2, 0) is 11.8 Å². The van der Waals surface area contributed by atoms with Crippen LogP contribution in [0.1, 0.15) is 26.7 Å². The maximum Gasteiger partial charge on any atom is 0.303 e. The summed E-state index contributed by atoms with van der Waals surface area (Å²) in [6, 6.07) is 0. The minimum absolute atomic E-state index is 0.0488. The van der Waals surface area contributed by atoms with Gasteiger partial charge in [-0.25, -0.2) is 4.98 Å². The Hall–Kier alpha value is -1.85. The fraction of sp³-hybridized carbons (Fsp3) is 0.545. The molecule has 0 fully saturated rings. The summed E-state index contributed by atoms with van der Waals surface area (Å²) >= 11 is 0. The van der Waals surface area contributed by atoms with Crippen molar-refractivity contribution in [2.75, 3.05) is 5.32 Å². The second kappa shape index (κ2) is 4.99. The summed E-state index contributed by atoms with van der Waals surface area (Å²) in [5, 5.41) is 11.6. The molecule has 1 aromatic rings. The third-order valence-corrected chi connectivity index (χ3v) is 2.44. The van der Waals surface area contributed by atoms with Crippen molar-refractivity contribution in [3.63, 3.8) is 0 Å². The molecule has 0 saturated carbocycles. The number of nitrogens with zero attached hydrogens (tertiary/aromatic N) is 2. The van der Waals surface area contributed by atoms with Crippen molar-refractivity contribution < 1.29 is 9.90 Å². The van der Waals surface area contributed by atoms with Crippen LogP contribution >= 0.6 is 0 Å². The molecule has 0 radical (unpaired) electrons. The van der Waals surface area contributed by atoms with Gasteiger partial charge in [0.2, 0.25) is 0 Å². The third-order valence-electron chi connectivity index (χ3n) is 2.44. The molecule has 2 N–H and O–H groups in total. The van der Waals surface area contributed by atoms with E-state index in [1.54, 1.807) is 13.2 Å². The second-order valence-electron chi connectivity index (χ2n) is 4.59. The Morgan fingerprint density at radius 1 is 1.59 bits per heavy atom. The van der Waals surface area contributed by atoms with Gasteiger partial charge in [-0.3, -0.25) is 9.59 Å². The van der Waals surface area contributed by atoms with E-state index in [1.165, 1.54) is 10.8 Å². The molecule has 1 aromatic heterocycles. The number of rotatable bonds is 5. The first-order chi connectivity index (χ1) is 7.82. The summed E-state index contributed by atoms with van der Waals surface area (Å²) in [7, 11) is 1.64. The average molecular weight is 239 g/mol. The fourth-order valence-electron chi connectivity index (χ4n) is 1.39. The molecule has 0 saturated heterocycles. The van der Waals surface area contributed by atoms with Crippen LogP contribution in [0.15, 0.2) is 17.2 Å². The van der Waals surface area contributed by atoms with E-state index in [9.17, 15) is 9.59 Å². The summed E-state index contributed by atoms with van der Waals surface area (Å²) in [5.41, 5.74) is -0.713. The smallest absolute Gasteiger partial charge is 0.303 e. The number of hydrogen-bond donors (Lipinski definition) is 2. The van der Waals surface area contributed by atoms with Gasteiger partial charge in [0.25, 0.3) is 5.56 Å². The van der Waals surface area contributed by atoms with Gasteiger partial charge < -0.3 is 15.0 Å². The van der Waals surface area contributed by atoms with Crippen LogP contribution < -0.4 is 10.9 Å². The minimum atomic E-state index is -0.853. The molecular formula is C11H17N3O3. The predicted molar refractivity (Wildman–Crippen MR) is 64.0 cm³/mol. The number of nitrogens with one attached hydrogen (secondary N) is 1. The molecule has 0 spiro atoms. The van der Waals surface area contributed by atoms with Crippen LogP contribution in [0.25, 0.3) is 0 Å². The Morgan fingerprint density at radius 2 is 2.24 bits per heavy atom. The third kappa shape index (κ3) is 3.90. The maximum atomic E-state index is 11.7. The van der Waals surface area contributed by atoms with E-state index in [0.29, 0.717) is 6.42 Å².